The van der Waals surface area contributed by atoms with Crippen LogP contribution < -0.4 is 15.2 Å². The Morgan fingerprint density at radius 1 is 1.06 bits per heavy atom. The first-order valence-corrected chi connectivity index (χ1v) is 8.98. The number of anilines is 1. The van der Waals surface area contributed by atoms with Crippen molar-refractivity contribution in [1.29, 1.82) is 0 Å². The standard InChI is InChI=1S/C19H13ClF9NO3/c1-32-15-9(3-2-4-12(15)30)13(31)7-10-11(20)5-8(6-14(10)33-16(21)22)17(23,18(24,25)26)19(27,28)29/h2-6,16H,7,30H2,1H3. The molecule has 33 heavy (non-hydrogen) atoms. The molecule has 0 fully saturated rings. The average Bonchev–Trinajstić information content (AvgIpc) is 2.67. The number of methoxy groups -OCH3 is 1. The minimum Gasteiger partial charge on any atom is -0.494 e. The molecule has 0 amide bonds. The molecule has 2 aromatic rings. The molecule has 0 radical (unpaired) electrons. The monoisotopic (exact) mass is 509 g/mol. The van der Waals surface area contributed by atoms with Crippen LogP contribution in [0.5, 0.6) is 11.5 Å². The summed E-state index contributed by atoms with van der Waals surface area (Å²) in [6.45, 7) is -3.75. The van der Waals surface area contributed by atoms with Crippen LogP contribution in [-0.2, 0) is 12.1 Å². The molecule has 2 aromatic carbocycles. The maximum atomic E-state index is 14.4. The number of ketones is 1. The van der Waals surface area contributed by atoms with Gasteiger partial charge in [0.05, 0.1) is 18.4 Å². The number of nitrogen functional groups attached to an aromatic ring is 1. The Bertz CT molecular complexity index is 1020. The van der Waals surface area contributed by atoms with Crippen molar-refractivity contribution in [3.8, 4) is 11.5 Å². The highest BCUT2D eigenvalue weighted by Crippen LogP contribution is 2.54. The molecular formula is C19H13ClF9NO3. The minimum absolute atomic E-state index is 0.00594. The molecule has 0 spiro atoms. The van der Waals surface area contributed by atoms with Crippen LogP contribution in [0.1, 0.15) is 21.5 Å². The van der Waals surface area contributed by atoms with Crippen molar-refractivity contribution >= 4 is 23.1 Å². The normalized spacial score (nSPS) is 12.7. The van der Waals surface area contributed by atoms with Gasteiger partial charge in [-0.2, -0.15) is 35.1 Å². The molecule has 0 unspecified atom stereocenters. The van der Waals surface area contributed by atoms with Crippen LogP contribution in [0, 0.1) is 0 Å². The van der Waals surface area contributed by atoms with E-state index in [1.807, 2.05) is 0 Å². The van der Waals surface area contributed by atoms with Crippen molar-refractivity contribution in [2.45, 2.75) is 31.1 Å². The van der Waals surface area contributed by atoms with Gasteiger partial charge >= 0.3 is 24.6 Å². The third-order valence-electron chi connectivity index (χ3n) is 4.44. The summed E-state index contributed by atoms with van der Waals surface area (Å²) in [5.41, 5.74) is -3.34. The fraction of sp³-hybridized carbons (Fsp3) is 0.316. The number of para-hydroxylation sites is 1. The second-order valence-corrected chi connectivity index (χ2v) is 6.90. The van der Waals surface area contributed by atoms with E-state index in [4.69, 9.17) is 22.1 Å². The second-order valence-electron chi connectivity index (χ2n) is 6.50. The highest BCUT2D eigenvalue weighted by molar-refractivity contribution is 6.32. The lowest BCUT2D eigenvalue weighted by Crippen LogP contribution is -2.50. The van der Waals surface area contributed by atoms with Gasteiger partial charge in [-0.25, -0.2) is 4.39 Å². The summed E-state index contributed by atoms with van der Waals surface area (Å²) < 4.78 is 127. The Morgan fingerprint density at radius 3 is 2.12 bits per heavy atom. The summed E-state index contributed by atoms with van der Waals surface area (Å²) in [5, 5.41) is -1.05. The molecular weight excluding hydrogens is 497 g/mol. The molecule has 0 bridgehead atoms. The predicted molar refractivity (Wildman–Crippen MR) is 98.4 cm³/mol. The number of carbonyl (C=O) groups excluding carboxylic acids is 1. The van der Waals surface area contributed by atoms with E-state index in [1.165, 1.54) is 18.2 Å². The highest BCUT2D eigenvalue weighted by atomic mass is 35.5. The maximum Gasteiger partial charge on any atom is 0.435 e. The minimum atomic E-state index is -6.52. The Labute approximate surface area is 185 Å². The number of benzene rings is 2. The molecule has 2 rings (SSSR count). The number of alkyl halides is 9. The second kappa shape index (κ2) is 9.20. The van der Waals surface area contributed by atoms with Crippen LogP contribution in [0.25, 0.3) is 0 Å². The molecule has 14 heteroatoms. The van der Waals surface area contributed by atoms with Crippen molar-refractivity contribution in [2.24, 2.45) is 0 Å². The van der Waals surface area contributed by atoms with Gasteiger partial charge in [0.1, 0.15) is 5.75 Å². The maximum absolute atomic E-state index is 14.4. The van der Waals surface area contributed by atoms with Crippen molar-refractivity contribution in [3.63, 3.8) is 0 Å². The first-order chi connectivity index (χ1) is 15.0. The number of carbonyl (C=O) groups is 1. The molecule has 2 N–H and O–H groups in total. The van der Waals surface area contributed by atoms with Gasteiger partial charge in [-0.15, -0.1) is 0 Å². The van der Waals surface area contributed by atoms with Gasteiger partial charge in [0.25, 0.3) is 0 Å². The number of nitrogens with two attached hydrogens (primary N) is 1. The molecule has 182 valence electrons. The molecule has 0 saturated heterocycles. The van der Waals surface area contributed by atoms with Gasteiger partial charge in [-0.05, 0) is 24.3 Å². The van der Waals surface area contributed by atoms with E-state index in [-0.39, 0.29) is 29.1 Å². The van der Waals surface area contributed by atoms with Crippen molar-refractivity contribution in [1.82, 2.24) is 0 Å². The fourth-order valence-electron chi connectivity index (χ4n) is 2.93. The summed E-state index contributed by atoms with van der Waals surface area (Å²) >= 11 is 5.73. The molecule has 0 saturated carbocycles. The van der Waals surface area contributed by atoms with E-state index in [0.29, 0.717) is 0 Å². The van der Waals surface area contributed by atoms with Crippen LogP contribution in [0.3, 0.4) is 0 Å². The quantitative estimate of drug-likeness (QED) is 0.272. The Kier molecular flexibility index (Phi) is 7.36. The molecule has 4 nitrogen and oxygen atoms in total. The molecule has 0 aromatic heterocycles. The SMILES string of the molecule is COc1c(N)cccc1C(=O)Cc1c(Cl)cc(C(F)(C(F)(F)F)C(F)(F)F)cc1OC(F)F. The van der Waals surface area contributed by atoms with Crippen molar-refractivity contribution in [3.05, 3.63) is 52.0 Å². The molecule has 0 heterocycles. The summed E-state index contributed by atoms with van der Waals surface area (Å²) in [5.74, 6) is -2.38. The Balaban J connectivity index is 2.67. The zero-order valence-electron chi connectivity index (χ0n) is 16.3. The van der Waals surface area contributed by atoms with Crippen LogP contribution in [0.15, 0.2) is 30.3 Å². The third-order valence-corrected chi connectivity index (χ3v) is 4.77. The number of rotatable bonds is 7. The predicted octanol–water partition coefficient (Wildman–Crippen LogP) is 6.25. The van der Waals surface area contributed by atoms with Crippen molar-refractivity contribution in [2.75, 3.05) is 12.8 Å². The number of Topliss-reactive ketones (excluding diaryl/α,β-unsaturated/α-hetero) is 1. The lowest BCUT2D eigenvalue weighted by molar-refractivity contribution is -0.348. The van der Waals surface area contributed by atoms with E-state index in [1.54, 1.807) is 0 Å². The first-order valence-electron chi connectivity index (χ1n) is 8.60. The van der Waals surface area contributed by atoms with Gasteiger partial charge in [-0.3, -0.25) is 4.79 Å². The zero-order chi connectivity index (χ0) is 25.4. The number of halogens is 10. The van der Waals surface area contributed by atoms with E-state index >= 15 is 0 Å². The van der Waals surface area contributed by atoms with E-state index in [0.717, 1.165) is 7.11 Å². The molecule has 0 aliphatic heterocycles. The van der Waals surface area contributed by atoms with Gasteiger partial charge in [0.15, 0.2) is 11.5 Å². The smallest absolute Gasteiger partial charge is 0.435 e. The van der Waals surface area contributed by atoms with Gasteiger partial charge in [0.2, 0.25) is 0 Å². The Hall–Kier alpha value is -2.83. The lowest BCUT2D eigenvalue weighted by Gasteiger charge is -2.31. The average molecular weight is 510 g/mol. The van der Waals surface area contributed by atoms with E-state index < -0.39 is 58.7 Å². The number of hydrogen-bond acceptors (Lipinski definition) is 4. The topological polar surface area (TPSA) is 61.5 Å². The van der Waals surface area contributed by atoms with Crippen LogP contribution in [0.2, 0.25) is 5.02 Å². The van der Waals surface area contributed by atoms with E-state index in [2.05, 4.69) is 4.74 Å². The van der Waals surface area contributed by atoms with Gasteiger partial charge in [0, 0.05) is 22.6 Å². The van der Waals surface area contributed by atoms with Crippen LogP contribution in [0.4, 0.5) is 45.2 Å². The Morgan fingerprint density at radius 2 is 1.64 bits per heavy atom. The summed E-state index contributed by atoms with van der Waals surface area (Å²) in [6.07, 6.45) is -14.0. The first kappa shape index (κ1) is 26.4. The van der Waals surface area contributed by atoms with Crippen LogP contribution in [-0.4, -0.2) is 31.9 Å². The lowest BCUT2D eigenvalue weighted by atomic mass is 9.91. The molecule has 0 aliphatic carbocycles. The fourth-order valence-corrected chi connectivity index (χ4v) is 3.21. The number of ether oxygens (including phenoxy) is 2. The number of hydrogen-bond donors (Lipinski definition) is 1. The van der Waals surface area contributed by atoms with Crippen LogP contribution >= 0.6 is 11.6 Å². The summed E-state index contributed by atoms with van der Waals surface area (Å²) in [4.78, 5) is 12.7. The molecule has 0 aliphatic rings. The summed E-state index contributed by atoms with van der Waals surface area (Å²) in [6, 6.07) is 3.62. The van der Waals surface area contributed by atoms with E-state index in [9.17, 15) is 44.3 Å². The van der Waals surface area contributed by atoms with Crippen molar-refractivity contribution < 1.29 is 53.8 Å². The molecule has 0 atom stereocenters. The summed E-state index contributed by atoms with van der Waals surface area (Å²) in [7, 11) is 1.16. The largest absolute Gasteiger partial charge is 0.494 e. The van der Waals surface area contributed by atoms with Gasteiger partial charge in [-0.1, -0.05) is 17.7 Å². The zero-order valence-corrected chi connectivity index (χ0v) is 17.0. The third kappa shape index (κ3) is 5.07. The highest BCUT2D eigenvalue weighted by Gasteiger charge is 2.73. The van der Waals surface area contributed by atoms with Gasteiger partial charge < -0.3 is 15.2 Å².